The maximum absolute atomic E-state index is 13.1. The molecular formula is C78H152O17P2. The Labute approximate surface area is 594 Å². The molecule has 0 aliphatic rings. The fraction of sp³-hybridized carbons (Fsp3) is 0.949. The standard InChI is InChI=1S/C78H152O17P2/c1-68(2)54-46-38-30-22-15-13-11-9-10-12-14-16-27-36-44-52-60-77(82)94-73(64-88-75(80)58-50-42-34-26-19-17-23-31-39-47-55-69(3)4)66-92-96(84,85)90-62-72(79)63-91-97(86,87)93-67-74(65-89-76(81)59-51-43-35-29-21-25-33-41-49-57-71(7)8)95-78(83)61-53-45-37-28-20-18-24-32-40-48-56-70(5)6/h68-74,79H,9-67H2,1-8H3,(H,84,85)(H,86,87)/t72-,73-,74-/m1/s1. The molecule has 0 aromatic carbocycles. The van der Waals surface area contributed by atoms with Gasteiger partial charge < -0.3 is 33.8 Å². The lowest BCUT2D eigenvalue weighted by molar-refractivity contribution is -0.161. The first-order chi connectivity index (χ1) is 46.6. The maximum atomic E-state index is 13.1. The normalized spacial score (nSPS) is 14.1. The van der Waals surface area contributed by atoms with Crippen LogP contribution >= 0.6 is 15.6 Å². The van der Waals surface area contributed by atoms with Gasteiger partial charge in [0.05, 0.1) is 26.4 Å². The molecule has 97 heavy (non-hydrogen) atoms. The van der Waals surface area contributed by atoms with Gasteiger partial charge in [0, 0.05) is 25.7 Å². The van der Waals surface area contributed by atoms with E-state index in [4.69, 9.17) is 37.0 Å². The molecule has 0 aliphatic carbocycles. The number of rotatable bonds is 75. The van der Waals surface area contributed by atoms with E-state index in [2.05, 4.69) is 55.4 Å². The highest BCUT2D eigenvalue weighted by molar-refractivity contribution is 7.47. The van der Waals surface area contributed by atoms with Crippen LogP contribution in [0.4, 0.5) is 0 Å². The molecule has 17 nitrogen and oxygen atoms in total. The number of carbonyl (C=O) groups is 4. The number of aliphatic hydroxyl groups excluding tert-OH is 1. The lowest BCUT2D eigenvalue weighted by Crippen LogP contribution is -2.30. The van der Waals surface area contributed by atoms with E-state index in [1.54, 1.807) is 0 Å². The summed E-state index contributed by atoms with van der Waals surface area (Å²) < 4.78 is 68.6. The predicted octanol–water partition coefficient (Wildman–Crippen LogP) is 22.8. The van der Waals surface area contributed by atoms with Gasteiger partial charge in [-0.05, 0) is 49.4 Å². The second-order valence-corrected chi connectivity index (χ2v) is 32.9. The van der Waals surface area contributed by atoms with Crippen LogP contribution in [0.1, 0.15) is 396 Å². The molecular weight excluding hydrogens is 1270 g/mol. The Balaban J connectivity index is 5.25. The van der Waals surface area contributed by atoms with Crippen LogP contribution in [-0.2, 0) is 65.4 Å². The number of ether oxygens (including phenoxy) is 4. The molecule has 2 unspecified atom stereocenters. The van der Waals surface area contributed by atoms with Gasteiger partial charge in [-0.1, -0.05) is 344 Å². The van der Waals surface area contributed by atoms with Crippen molar-refractivity contribution >= 4 is 39.5 Å². The van der Waals surface area contributed by atoms with Crippen molar-refractivity contribution in [2.45, 2.75) is 414 Å². The van der Waals surface area contributed by atoms with Gasteiger partial charge in [-0.3, -0.25) is 37.3 Å². The van der Waals surface area contributed by atoms with Crippen LogP contribution in [0, 0.1) is 23.7 Å². The van der Waals surface area contributed by atoms with Crippen LogP contribution in [-0.4, -0.2) is 96.7 Å². The Morgan fingerprint density at radius 1 is 0.258 bits per heavy atom. The summed E-state index contributed by atoms with van der Waals surface area (Å²) in [5.74, 6) is 0.946. The average molecular weight is 1420 g/mol. The molecule has 0 heterocycles. The lowest BCUT2D eigenvalue weighted by Gasteiger charge is -2.21. The highest BCUT2D eigenvalue weighted by Gasteiger charge is 2.30. The predicted molar refractivity (Wildman–Crippen MR) is 395 cm³/mol. The van der Waals surface area contributed by atoms with Crippen molar-refractivity contribution in [3.8, 4) is 0 Å². The molecule has 19 heteroatoms. The van der Waals surface area contributed by atoms with E-state index < -0.39 is 97.5 Å². The average Bonchev–Trinajstić information content (AvgIpc) is 1.20. The summed E-state index contributed by atoms with van der Waals surface area (Å²) in [5.41, 5.74) is 0. The van der Waals surface area contributed by atoms with E-state index >= 15 is 0 Å². The van der Waals surface area contributed by atoms with E-state index in [0.717, 1.165) is 114 Å². The number of aliphatic hydroxyl groups is 1. The molecule has 0 spiro atoms. The number of phosphoric ester groups is 2. The number of hydrogen-bond acceptors (Lipinski definition) is 15. The van der Waals surface area contributed by atoms with E-state index in [0.29, 0.717) is 25.7 Å². The first-order valence-electron chi connectivity index (χ1n) is 40.2. The number of unbranched alkanes of at least 4 members (excludes halogenated alkanes) is 41. The zero-order chi connectivity index (χ0) is 71.7. The van der Waals surface area contributed by atoms with Crippen molar-refractivity contribution in [1.29, 1.82) is 0 Å². The lowest BCUT2D eigenvalue weighted by atomic mass is 10.0. The van der Waals surface area contributed by atoms with Crippen LogP contribution in [0.25, 0.3) is 0 Å². The largest absolute Gasteiger partial charge is 0.472 e. The first kappa shape index (κ1) is 95.1. The molecule has 0 saturated carbocycles. The number of carbonyl (C=O) groups excluding carboxylic acids is 4. The van der Waals surface area contributed by atoms with Crippen molar-refractivity contribution in [2.75, 3.05) is 39.6 Å². The Hall–Kier alpha value is -1.94. The zero-order valence-electron chi connectivity index (χ0n) is 63.7. The second kappa shape index (κ2) is 67.2. The van der Waals surface area contributed by atoms with Crippen LogP contribution in [0.2, 0.25) is 0 Å². The molecule has 0 aromatic rings. The number of phosphoric acid groups is 2. The fourth-order valence-corrected chi connectivity index (χ4v) is 13.5. The molecule has 0 bridgehead atoms. The van der Waals surface area contributed by atoms with Gasteiger partial charge in [-0.15, -0.1) is 0 Å². The Morgan fingerprint density at radius 3 is 0.639 bits per heavy atom. The maximum Gasteiger partial charge on any atom is 0.472 e. The number of hydrogen-bond donors (Lipinski definition) is 3. The highest BCUT2D eigenvalue weighted by atomic mass is 31.2. The zero-order valence-corrected chi connectivity index (χ0v) is 65.5. The fourth-order valence-electron chi connectivity index (χ4n) is 11.9. The van der Waals surface area contributed by atoms with Crippen molar-refractivity contribution in [3.63, 3.8) is 0 Å². The summed E-state index contributed by atoms with van der Waals surface area (Å²) in [6, 6.07) is 0. The van der Waals surface area contributed by atoms with Crippen molar-refractivity contribution in [2.24, 2.45) is 23.7 Å². The summed E-state index contributed by atoms with van der Waals surface area (Å²) in [4.78, 5) is 72.9. The molecule has 5 atom stereocenters. The molecule has 0 saturated heterocycles. The monoisotopic (exact) mass is 1420 g/mol. The van der Waals surface area contributed by atoms with Gasteiger partial charge in [0.25, 0.3) is 0 Å². The smallest absolute Gasteiger partial charge is 0.462 e. The molecule has 576 valence electrons. The third kappa shape index (κ3) is 72.2. The minimum Gasteiger partial charge on any atom is -0.462 e. The molecule has 0 fully saturated rings. The van der Waals surface area contributed by atoms with Gasteiger partial charge in [-0.25, -0.2) is 9.13 Å². The van der Waals surface area contributed by atoms with Crippen molar-refractivity contribution in [1.82, 2.24) is 0 Å². The quantitative estimate of drug-likeness (QED) is 0.0222. The van der Waals surface area contributed by atoms with Crippen LogP contribution in [0.15, 0.2) is 0 Å². The molecule has 0 radical (unpaired) electrons. The minimum absolute atomic E-state index is 0.105. The third-order valence-electron chi connectivity index (χ3n) is 18.1. The van der Waals surface area contributed by atoms with Gasteiger partial charge in [0.1, 0.15) is 19.3 Å². The number of esters is 4. The SMILES string of the molecule is CC(C)CCCCCCCCCCCCCCCCCCC(=O)O[C@H](COC(=O)CCCCCCCCCCCCC(C)C)COP(=O)(O)OC[C@@H](O)COP(=O)(O)OC[C@@H](COC(=O)CCCCCCCCCCCC(C)C)OC(=O)CCCCCCCCCCCCC(C)C. The summed E-state index contributed by atoms with van der Waals surface area (Å²) >= 11 is 0. The van der Waals surface area contributed by atoms with E-state index in [-0.39, 0.29) is 25.7 Å². The molecule has 0 amide bonds. The van der Waals surface area contributed by atoms with Crippen molar-refractivity contribution < 1.29 is 80.2 Å². The molecule has 0 aromatic heterocycles. The van der Waals surface area contributed by atoms with Crippen molar-refractivity contribution in [3.05, 3.63) is 0 Å². The summed E-state index contributed by atoms with van der Waals surface area (Å²) in [6.45, 7) is 14.2. The van der Waals surface area contributed by atoms with Crippen LogP contribution < -0.4 is 0 Å². The summed E-state index contributed by atoms with van der Waals surface area (Å²) in [7, 11) is -9.92. The Kier molecular flexibility index (Phi) is 65.9. The highest BCUT2D eigenvalue weighted by Crippen LogP contribution is 2.45. The van der Waals surface area contributed by atoms with Gasteiger partial charge >= 0.3 is 39.5 Å². The van der Waals surface area contributed by atoms with E-state index in [9.17, 15) is 43.2 Å². The molecule has 3 N–H and O–H groups in total. The summed E-state index contributed by atoms with van der Waals surface area (Å²) in [6.07, 6.45) is 52.7. The van der Waals surface area contributed by atoms with Gasteiger partial charge in [0.2, 0.25) is 0 Å². The second-order valence-electron chi connectivity index (χ2n) is 30.0. The third-order valence-corrected chi connectivity index (χ3v) is 20.0. The van der Waals surface area contributed by atoms with E-state index in [1.807, 2.05) is 0 Å². The van der Waals surface area contributed by atoms with E-state index in [1.165, 1.54) is 199 Å². The molecule has 0 aliphatic heterocycles. The van der Waals surface area contributed by atoms with Gasteiger partial charge in [0.15, 0.2) is 12.2 Å². The Morgan fingerprint density at radius 2 is 0.433 bits per heavy atom. The van der Waals surface area contributed by atoms with Crippen LogP contribution in [0.5, 0.6) is 0 Å². The Bertz CT molecular complexity index is 1900. The first-order valence-corrected chi connectivity index (χ1v) is 43.2. The molecule has 0 rings (SSSR count). The van der Waals surface area contributed by atoms with Crippen LogP contribution in [0.3, 0.4) is 0 Å². The minimum atomic E-state index is -4.96. The summed E-state index contributed by atoms with van der Waals surface area (Å²) in [5, 5.41) is 10.6. The van der Waals surface area contributed by atoms with Gasteiger partial charge in [-0.2, -0.15) is 0 Å². The topological polar surface area (TPSA) is 237 Å².